The Morgan fingerprint density at radius 3 is 2.51 bits per heavy atom. The van der Waals surface area contributed by atoms with Gasteiger partial charge in [0.2, 0.25) is 5.91 Å². The van der Waals surface area contributed by atoms with E-state index in [1.54, 1.807) is 17.0 Å². The first-order chi connectivity index (χ1) is 19.0. The standard InChI is InChI=1S/C30H32N4O4S/c35-27(31-23-14-15-23)21-12-10-20(11-13-21)24-18-39-29(32-24)33-28(36)26-16-22-8-4-5-9-25(22)34(26)30(37)38-17-19-6-2-1-3-7-19/h1-3,6-7,10-13,18,22-23,25-26H,4-5,8-9,14-17H2,(H,31,35)(H,32,33,36). The molecule has 0 spiro atoms. The SMILES string of the molecule is O=C(NC1CC1)c1ccc(-c2csc(NC(=O)C3CC4CCCCC4N3C(=O)OCc3ccccc3)n2)cc1. The van der Waals surface area contributed by atoms with Gasteiger partial charge >= 0.3 is 6.09 Å². The molecule has 8 nitrogen and oxygen atoms in total. The molecular formula is C30H32N4O4S. The fourth-order valence-electron chi connectivity index (χ4n) is 5.69. The number of likely N-dealkylation sites (tertiary alicyclic amines) is 1. The molecule has 202 valence electrons. The summed E-state index contributed by atoms with van der Waals surface area (Å²) in [6, 6.07) is 16.7. The number of nitrogens with one attached hydrogen (secondary N) is 2. The second-order valence-electron chi connectivity index (χ2n) is 10.7. The fourth-order valence-corrected chi connectivity index (χ4v) is 6.41. The molecule has 1 saturated heterocycles. The zero-order valence-electron chi connectivity index (χ0n) is 21.7. The Hall–Kier alpha value is -3.72. The van der Waals surface area contributed by atoms with Gasteiger partial charge in [0, 0.05) is 28.6 Å². The molecule has 2 N–H and O–H groups in total. The van der Waals surface area contributed by atoms with Crippen LogP contribution in [0.25, 0.3) is 11.3 Å². The van der Waals surface area contributed by atoms with E-state index in [0.29, 0.717) is 29.1 Å². The van der Waals surface area contributed by atoms with Crippen molar-refractivity contribution in [2.45, 2.75) is 69.7 Å². The zero-order chi connectivity index (χ0) is 26.8. The van der Waals surface area contributed by atoms with E-state index in [4.69, 9.17) is 4.74 Å². The molecule has 3 unspecified atom stereocenters. The Morgan fingerprint density at radius 2 is 1.74 bits per heavy atom. The monoisotopic (exact) mass is 544 g/mol. The number of aromatic nitrogens is 1. The molecule has 3 aromatic rings. The van der Waals surface area contributed by atoms with Crippen LogP contribution >= 0.6 is 11.3 Å². The van der Waals surface area contributed by atoms with Crippen molar-refractivity contribution in [2.24, 2.45) is 5.92 Å². The lowest BCUT2D eigenvalue weighted by atomic mass is 9.85. The van der Waals surface area contributed by atoms with Crippen molar-refractivity contribution in [2.75, 3.05) is 5.32 Å². The van der Waals surface area contributed by atoms with Gasteiger partial charge in [0.25, 0.3) is 5.91 Å². The third kappa shape index (κ3) is 5.83. The number of thiazole rings is 1. The van der Waals surface area contributed by atoms with E-state index in [1.807, 2.05) is 47.8 Å². The van der Waals surface area contributed by atoms with Gasteiger partial charge in [0.05, 0.1) is 5.69 Å². The average molecular weight is 545 g/mol. The van der Waals surface area contributed by atoms with Crippen molar-refractivity contribution >= 4 is 34.4 Å². The van der Waals surface area contributed by atoms with E-state index in [-0.39, 0.29) is 24.5 Å². The van der Waals surface area contributed by atoms with Crippen LogP contribution < -0.4 is 10.6 Å². The van der Waals surface area contributed by atoms with E-state index < -0.39 is 12.1 Å². The third-order valence-corrected chi connectivity index (χ3v) is 8.65. The molecule has 2 saturated carbocycles. The average Bonchev–Trinajstić information content (AvgIpc) is 3.51. The molecule has 0 bridgehead atoms. The highest BCUT2D eigenvalue weighted by molar-refractivity contribution is 7.14. The van der Waals surface area contributed by atoms with Crippen LogP contribution in [0.4, 0.5) is 9.93 Å². The summed E-state index contributed by atoms with van der Waals surface area (Å²) in [4.78, 5) is 45.3. The molecule has 0 radical (unpaired) electrons. The number of carbonyl (C=O) groups is 3. The molecule has 3 amide bonds. The van der Waals surface area contributed by atoms with Crippen molar-refractivity contribution in [3.63, 3.8) is 0 Å². The second kappa shape index (κ2) is 11.2. The second-order valence-corrected chi connectivity index (χ2v) is 11.5. The van der Waals surface area contributed by atoms with Crippen LogP contribution in [-0.4, -0.2) is 45.9 Å². The minimum absolute atomic E-state index is 0.0280. The molecule has 1 aliphatic heterocycles. The Morgan fingerprint density at radius 1 is 0.974 bits per heavy atom. The van der Waals surface area contributed by atoms with Gasteiger partial charge in [-0.15, -0.1) is 11.3 Å². The lowest BCUT2D eigenvalue weighted by Gasteiger charge is -2.32. The molecule has 3 fully saturated rings. The predicted octanol–water partition coefficient (Wildman–Crippen LogP) is 5.61. The molecule has 2 aliphatic carbocycles. The summed E-state index contributed by atoms with van der Waals surface area (Å²) in [6.45, 7) is 0.179. The van der Waals surface area contributed by atoms with Gasteiger partial charge in [0.1, 0.15) is 12.6 Å². The van der Waals surface area contributed by atoms with Gasteiger partial charge in [0.15, 0.2) is 5.13 Å². The molecule has 6 rings (SSSR count). The van der Waals surface area contributed by atoms with Crippen LogP contribution in [0.5, 0.6) is 0 Å². The summed E-state index contributed by atoms with van der Waals surface area (Å²) < 4.78 is 5.67. The fraction of sp³-hybridized carbons (Fsp3) is 0.400. The molecular weight excluding hydrogens is 512 g/mol. The number of ether oxygens (including phenoxy) is 1. The number of fused-ring (bicyclic) bond motifs is 1. The Kier molecular flexibility index (Phi) is 7.32. The lowest BCUT2D eigenvalue weighted by Crippen LogP contribution is -2.48. The van der Waals surface area contributed by atoms with Crippen molar-refractivity contribution in [3.05, 3.63) is 71.1 Å². The summed E-state index contributed by atoms with van der Waals surface area (Å²) in [5, 5.41) is 8.31. The van der Waals surface area contributed by atoms with Gasteiger partial charge in [-0.05, 0) is 55.7 Å². The van der Waals surface area contributed by atoms with Gasteiger partial charge in [-0.25, -0.2) is 9.78 Å². The highest BCUT2D eigenvalue weighted by Crippen LogP contribution is 2.40. The first-order valence-electron chi connectivity index (χ1n) is 13.7. The molecule has 9 heteroatoms. The van der Waals surface area contributed by atoms with Crippen molar-refractivity contribution in [3.8, 4) is 11.3 Å². The highest BCUT2D eigenvalue weighted by atomic mass is 32.1. The van der Waals surface area contributed by atoms with E-state index >= 15 is 0 Å². The predicted molar refractivity (Wildman–Crippen MR) is 149 cm³/mol. The number of hydrogen-bond donors (Lipinski definition) is 2. The van der Waals surface area contributed by atoms with Crippen molar-refractivity contribution in [1.29, 1.82) is 0 Å². The topological polar surface area (TPSA) is 101 Å². The van der Waals surface area contributed by atoms with Crippen LogP contribution in [0.3, 0.4) is 0 Å². The molecule has 2 aromatic carbocycles. The van der Waals surface area contributed by atoms with Crippen molar-refractivity contribution < 1.29 is 19.1 Å². The summed E-state index contributed by atoms with van der Waals surface area (Å²) in [5.74, 6) is 0.0228. The number of carbonyl (C=O) groups excluding carboxylic acids is 3. The molecule has 3 atom stereocenters. The smallest absolute Gasteiger partial charge is 0.411 e. The molecule has 2 heterocycles. The summed E-state index contributed by atoms with van der Waals surface area (Å²) in [7, 11) is 0. The number of anilines is 1. The number of rotatable bonds is 7. The summed E-state index contributed by atoms with van der Waals surface area (Å²) in [6.07, 6.45) is 6.39. The van der Waals surface area contributed by atoms with Crippen LogP contribution in [-0.2, 0) is 16.1 Å². The third-order valence-electron chi connectivity index (χ3n) is 7.90. The number of hydrogen-bond acceptors (Lipinski definition) is 6. The first kappa shape index (κ1) is 25.6. The van der Waals surface area contributed by atoms with Gasteiger partial charge in [-0.2, -0.15) is 0 Å². The van der Waals surface area contributed by atoms with Crippen LogP contribution in [0.2, 0.25) is 0 Å². The summed E-state index contributed by atoms with van der Waals surface area (Å²) in [5.41, 5.74) is 3.13. The largest absolute Gasteiger partial charge is 0.445 e. The maximum Gasteiger partial charge on any atom is 0.411 e. The summed E-state index contributed by atoms with van der Waals surface area (Å²) >= 11 is 1.34. The van der Waals surface area contributed by atoms with Crippen LogP contribution in [0.15, 0.2) is 60.0 Å². The first-order valence-corrected chi connectivity index (χ1v) is 14.6. The van der Waals surface area contributed by atoms with Gasteiger partial charge < -0.3 is 15.4 Å². The van der Waals surface area contributed by atoms with Crippen LogP contribution in [0.1, 0.15) is 60.9 Å². The molecule has 1 aromatic heterocycles. The normalized spacial score (nSPS) is 22.2. The zero-order valence-corrected chi connectivity index (χ0v) is 22.5. The van der Waals surface area contributed by atoms with Gasteiger partial charge in [-0.3, -0.25) is 14.5 Å². The van der Waals surface area contributed by atoms with E-state index in [2.05, 4.69) is 15.6 Å². The molecule has 39 heavy (non-hydrogen) atoms. The number of benzene rings is 2. The van der Waals surface area contributed by atoms with Gasteiger partial charge in [-0.1, -0.05) is 55.3 Å². The Bertz CT molecular complexity index is 1340. The Balaban J connectivity index is 1.12. The Labute approximate surface area is 231 Å². The highest BCUT2D eigenvalue weighted by Gasteiger charge is 2.48. The van der Waals surface area contributed by atoms with E-state index in [0.717, 1.165) is 55.3 Å². The van der Waals surface area contributed by atoms with E-state index in [9.17, 15) is 14.4 Å². The minimum atomic E-state index is -0.585. The number of nitrogens with zero attached hydrogens (tertiary/aromatic N) is 2. The number of amides is 3. The maximum absolute atomic E-state index is 13.5. The quantitative estimate of drug-likeness (QED) is 0.403. The maximum atomic E-state index is 13.5. The molecule has 3 aliphatic rings. The van der Waals surface area contributed by atoms with Crippen LogP contribution in [0, 0.1) is 5.92 Å². The minimum Gasteiger partial charge on any atom is -0.445 e. The van der Waals surface area contributed by atoms with E-state index in [1.165, 1.54) is 11.3 Å². The lowest BCUT2D eigenvalue weighted by molar-refractivity contribution is -0.120. The van der Waals surface area contributed by atoms with Crippen molar-refractivity contribution in [1.82, 2.24) is 15.2 Å².